The van der Waals surface area contributed by atoms with E-state index in [2.05, 4.69) is 125 Å². The lowest BCUT2D eigenvalue weighted by Gasteiger charge is -2.25. The quantitative estimate of drug-likeness (QED) is 0.237. The van der Waals surface area contributed by atoms with Crippen LogP contribution >= 0.6 is 0 Å². The molecule has 40 heavy (non-hydrogen) atoms. The largest absolute Gasteiger partial charge is 0.310 e. The molecule has 0 saturated heterocycles. The van der Waals surface area contributed by atoms with Crippen molar-refractivity contribution < 1.29 is 0 Å². The highest BCUT2D eigenvalue weighted by molar-refractivity contribution is 6.22. The third-order valence-corrected chi connectivity index (χ3v) is 7.44. The first-order valence-corrected chi connectivity index (χ1v) is 13.1. The maximum atomic E-state index is 10.1. The van der Waals surface area contributed by atoms with Gasteiger partial charge in [0, 0.05) is 27.8 Å². The molecule has 0 atom stereocenters. The molecule has 6 aromatic carbocycles. The van der Waals surface area contributed by atoms with Crippen LogP contribution in [0, 0.1) is 22.7 Å². The van der Waals surface area contributed by atoms with Gasteiger partial charge >= 0.3 is 0 Å². The molecule has 0 N–H and O–H groups in total. The number of hydrogen-bond donors (Lipinski definition) is 0. The Morgan fingerprint density at radius 3 is 1.90 bits per heavy atom. The Balaban J connectivity index is 1.60. The van der Waals surface area contributed by atoms with E-state index in [0.29, 0.717) is 16.8 Å². The van der Waals surface area contributed by atoms with Crippen LogP contribution in [-0.2, 0) is 0 Å². The Morgan fingerprint density at radius 2 is 1.20 bits per heavy atom. The minimum Gasteiger partial charge on any atom is -0.310 e. The molecule has 0 radical (unpaired) electrons. The molecule has 0 amide bonds. The van der Waals surface area contributed by atoms with Gasteiger partial charge in [-0.25, -0.2) is 0 Å². The van der Waals surface area contributed by atoms with Gasteiger partial charge < -0.3 is 9.47 Å². The summed E-state index contributed by atoms with van der Waals surface area (Å²) in [6, 6.07) is 49.8. The Labute approximate surface area is 231 Å². The van der Waals surface area contributed by atoms with Crippen molar-refractivity contribution in [2.24, 2.45) is 0 Å². The van der Waals surface area contributed by atoms with E-state index >= 15 is 0 Å². The van der Waals surface area contributed by atoms with Crippen LogP contribution in [0.1, 0.15) is 11.1 Å². The summed E-state index contributed by atoms with van der Waals surface area (Å²) in [6.07, 6.45) is 0. The first-order valence-electron chi connectivity index (χ1n) is 13.1. The fraction of sp³-hybridized carbons (Fsp3) is 0. The maximum absolute atomic E-state index is 10.1. The summed E-state index contributed by atoms with van der Waals surface area (Å²) in [4.78, 5) is 2.25. The second kappa shape index (κ2) is 9.48. The van der Waals surface area contributed by atoms with Gasteiger partial charge in [0.1, 0.15) is 12.1 Å². The lowest BCUT2D eigenvalue weighted by molar-refractivity contribution is 1.16. The number of aromatic nitrogens is 1. The topological polar surface area (TPSA) is 55.8 Å². The average molecular weight is 511 g/mol. The molecule has 0 bridgehead atoms. The van der Waals surface area contributed by atoms with Crippen LogP contribution in [0.4, 0.5) is 17.1 Å². The fourth-order valence-corrected chi connectivity index (χ4v) is 5.72. The Morgan fingerprint density at radius 1 is 0.525 bits per heavy atom. The van der Waals surface area contributed by atoms with Gasteiger partial charge in [-0.05, 0) is 71.4 Å². The van der Waals surface area contributed by atoms with Gasteiger partial charge in [0.15, 0.2) is 0 Å². The average Bonchev–Trinajstić information content (AvgIpc) is 3.36. The number of nitriles is 2. The van der Waals surface area contributed by atoms with Crippen molar-refractivity contribution in [1.82, 2.24) is 4.57 Å². The Hall–Kier alpha value is -5.84. The summed E-state index contributed by atoms with van der Waals surface area (Å²) in [5.41, 5.74) is 6.56. The highest BCUT2D eigenvalue weighted by atomic mass is 15.1. The number of rotatable bonds is 4. The predicted octanol–water partition coefficient (Wildman–Crippen LogP) is 9.15. The predicted molar refractivity (Wildman–Crippen MR) is 162 cm³/mol. The van der Waals surface area contributed by atoms with Crippen LogP contribution in [0.25, 0.3) is 38.3 Å². The second-order valence-corrected chi connectivity index (χ2v) is 9.65. The minimum atomic E-state index is 0.367. The van der Waals surface area contributed by atoms with E-state index < -0.39 is 0 Å². The Kier molecular flexibility index (Phi) is 5.52. The van der Waals surface area contributed by atoms with Crippen molar-refractivity contribution in [3.8, 4) is 17.8 Å². The zero-order valence-electron chi connectivity index (χ0n) is 21.5. The van der Waals surface area contributed by atoms with Gasteiger partial charge in [-0.1, -0.05) is 72.8 Å². The molecule has 0 aliphatic heterocycles. The van der Waals surface area contributed by atoms with Crippen molar-refractivity contribution in [3.63, 3.8) is 0 Å². The molecule has 1 heterocycles. The summed E-state index contributed by atoms with van der Waals surface area (Å²) in [5.74, 6) is 0. The zero-order valence-corrected chi connectivity index (χ0v) is 21.5. The third kappa shape index (κ3) is 3.60. The molecule has 0 fully saturated rings. The Bertz CT molecular complexity index is 2090. The molecule has 0 saturated carbocycles. The van der Waals surface area contributed by atoms with Crippen LogP contribution in [0.2, 0.25) is 0 Å². The second-order valence-electron chi connectivity index (χ2n) is 9.65. The summed E-state index contributed by atoms with van der Waals surface area (Å²) in [5, 5.41) is 24.3. The smallest absolute Gasteiger partial charge is 0.103 e. The van der Waals surface area contributed by atoms with Crippen molar-refractivity contribution in [2.75, 3.05) is 4.90 Å². The number of para-hydroxylation sites is 2. The first-order chi connectivity index (χ1) is 19.8. The van der Waals surface area contributed by atoms with Gasteiger partial charge in [-0.3, -0.25) is 0 Å². The molecule has 0 unspecified atom stereocenters. The van der Waals surface area contributed by atoms with Crippen LogP contribution in [-0.4, -0.2) is 4.57 Å². The van der Waals surface area contributed by atoms with E-state index in [1.807, 2.05) is 24.3 Å². The van der Waals surface area contributed by atoms with Crippen molar-refractivity contribution in [3.05, 3.63) is 145 Å². The normalized spacial score (nSPS) is 10.9. The van der Waals surface area contributed by atoms with Gasteiger partial charge in [0.05, 0.1) is 27.8 Å². The van der Waals surface area contributed by atoms with E-state index in [9.17, 15) is 10.5 Å². The lowest BCUT2D eigenvalue weighted by atomic mass is 10.0. The molecular weight excluding hydrogens is 488 g/mol. The van der Waals surface area contributed by atoms with Gasteiger partial charge in [0.2, 0.25) is 0 Å². The highest BCUT2D eigenvalue weighted by Crippen LogP contribution is 2.42. The van der Waals surface area contributed by atoms with Gasteiger partial charge in [0.25, 0.3) is 0 Å². The summed E-state index contributed by atoms with van der Waals surface area (Å²) in [7, 11) is 0. The number of hydrogen-bond acceptors (Lipinski definition) is 3. The fourth-order valence-electron chi connectivity index (χ4n) is 5.72. The summed E-state index contributed by atoms with van der Waals surface area (Å²) < 4.78 is 2.12. The van der Waals surface area contributed by atoms with Crippen LogP contribution in [0.3, 0.4) is 0 Å². The molecule has 0 spiro atoms. The molecule has 7 aromatic rings. The van der Waals surface area contributed by atoms with E-state index in [0.717, 1.165) is 49.6 Å². The van der Waals surface area contributed by atoms with Crippen LogP contribution < -0.4 is 4.90 Å². The summed E-state index contributed by atoms with van der Waals surface area (Å²) in [6.45, 7) is 0. The van der Waals surface area contributed by atoms with Crippen molar-refractivity contribution in [1.29, 1.82) is 10.5 Å². The molecule has 1 aromatic heterocycles. The number of anilines is 3. The maximum Gasteiger partial charge on any atom is 0.103 e. The molecule has 0 aliphatic carbocycles. The molecule has 0 aliphatic rings. The lowest BCUT2D eigenvalue weighted by Crippen LogP contribution is -2.09. The molecule has 4 heteroatoms. The zero-order chi connectivity index (χ0) is 27.1. The molecule has 186 valence electrons. The number of benzene rings is 6. The van der Waals surface area contributed by atoms with E-state index in [1.165, 1.54) is 0 Å². The van der Waals surface area contributed by atoms with Gasteiger partial charge in [-0.15, -0.1) is 0 Å². The monoisotopic (exact) mass is 510 g/mol. The molecule has 7 rings (SSSR count). The van der Waals surface area contributed by atoms with E-state index in [1.54, 1.807) is 6.07 Å². The first kappa shape index (κ1) is 23.3. The molecular formula is C36H22N4. The molecule has 4 nitrogen and oxygen atoms in total. The van der Waals surface area contributed by atoms with Crippen molar-refractivity contribution >= 4 is 49.6 Å². The standard InChI is InChI=1S/C36H22N4/c37-23-26-11-9-17-33(32(26)24-38)40-34-21-19-29(39(27-12-3-1-4-13-27)28-14-5-2-6-15-28)22-31(34)36-30-16-8-7-10-25(30)18-20-35(36)40/h1-22H. The van der Waals surface area contributed by atoms with Crippen LogP contribution in [0.15, 0.2) is 133 Å². The van der Waals surface area contributed by atoms with Crippen LogP contribution in [0.5, 0.6) is 0 Å². The van der Waals surface area contributed by atoms with E-state index in [4.69, 9.17) is 0 Å². The highest BCUT2D eigenvalue weighted by Gasteiger charge is 2.20. The van der Waals surface area contributed by atoms with Gasteiger partial charge in [-0.2, -0.15) is 10.5 Å². The summed E-state index contributed by atoms with van der Waals surface area (Å²) >= 11 is 0. The SMILES string of the molecule is N#Cc1cccc(-n2c3ccc(N(c4ccccc4)c4ccccc4)cc3c3c4ccccc4ccc32)c1C#N. The number of nitrogens with zero attached hydrogens (tertiary/aromatic N) is 4. The van der Waals surface area contributed by atoms with Crippen molar-refractivity contribution in [2.45, 2.75) is 0 Å². The number of fused-ring (bicyclic) bond motifs is 5. The van der Waals surface area contributed by atoms with E-state index in [-0.39, 0.29) is 0 Å². The minimum absolute atomic E-state index is 0.367. The third-order valence-electron chi connectivity index (χ3n) is 7.44.